The van der Waals surface area contributed by atoms with Crippen molar-refractivity contribution in [1.29, 1.82) is 0 Å². The summed E-state index contributed by atoms with van der Waals surface area (Å²) in [6.45, 7) is 49.3. The van der Waals surface area contributed by atoms with E-state index < -0.39 is 5.60 Å². The Balaban J connectivity index is -0.000000196. The van der Waals surface area contributed by atoms with Crippen molar-refractivity contribution in [3.63, 3.8) is 0 Å². The fourth-order valence-electron chi connectivity index (χ4n) is 6.01. The van der Waals surface area contributed by atoms with Crippen molar-refractivity contribution >= 4 is 0 Å². The molecule has 3 fully saturated rings. The Morgan fingerprint density at radius 1 is 0.623 bits per heavy atom. The topological polar surface area (TPSA) is 162 Å². The molecule has 8 N–H and O–H groups in total. The number of hydrogen-bond acceptors (Lipinski definition) is 8. The molecule has 376 valence electrons. The molecule has 0 amide bonds. The van der Waals surface area contributed by atoms with Gasteiger partial charge in [-0.1, -0.05) is 138 Å². The van der Waals surface area contributed by atoms with Crippen molar-refractivity contribution in [2.45, 2.75) is 247 Å². The van der Waals surface area contributed by atoms with Crippen LogP contribution in [0, 0.1) is 69.5 Å². The van der Waals surface area contributed by atoms with E-state index in [1.807, 2.05) is 27.7 Å². The van der Waals surface area contributed by atoms with Gasteiger partial charge in [-0.2, -0.15) is 0 Å². The van der Waals surface area contributed by atoms with Crippen molar-refractivity contribution < 1.29 is 40.9 Å². The van der Waals surface area contributed by atoms with Crippen LogP contribution >= 0.6 is 0 Å². The Hall–Kier alpha value is -0.320. The lowest BCUT2D eigenvalue weighted by atomic mass is 9.66. The van der Waals surface area contributed by atoms with E-state index in [4.69, 9.17) is 25.5 Å². The van der Waals surface area contributed by atoms with Gasteiger partial charge in [-0.3, -0.25) is 0 Å². The molecule has 4 atom stereocenters. The zero-order chi connectivity index (χ0) is 49.8. The standard InChI is InChI=1S/C8H16O.2C7H14O.2C7H16O.2C6H14O.C5H12O/c1-8(2,3)6-4-5-7(6)9;1-6(2)7(5-8)3-4-7;1-6(2)5-7(8)3-4-7;1-6(2)7(3,4)5-8;1-6(2)5-7(3,4)8;1-5(2)6(3)4-7;1-5(2)4-6(3)7;1-5(2)3-4-6/h6-7,9H,4-5H2,1-3H3;2*6,8H,3-5H2,1-2H3;2*6,8H,5H2,1-4H3;2*5-7H,4H2,1-3H3;5-6H,3-4H2,1-2H3. The third-order valence-corrected chi connectivity index (χ3v) is 12.2. The third kappa shape index (κ3) is 46.0. The molecule has 0 radical (unpaired) electrons. The normalized spacial score (nSPS) is 19.4. The van der Waals surface area contributed by atoms with E-state index in [0.717, 1.165) is 44.9 Å². The van der Waals surface area contributed by atoms with Crippen LogP contribution < -0.4 is 0 Å². The van der Waals surface area contributed by atoms with Gasteiger partial charge >= 0.3 is 0 Å². The monoisotopic (exact) mass is 881 g/mol. The minimum Gasteiger partial charge on any atom is -0.396 e. The first kappa shape index (κ1) is 69.7. The quantitative estimate of drug-likeness (QED) is 0.0855. The van der Waals surface area contributed by atoms with Gasteiger partial charge in [0.15, 0.2) is 0 Å². The molecule has 0 aliphatic heterocycles. The summed E-state index contributed by atoms with van der Waals surface area (Å²) in [5.74, 6) is 5.38. The molecule has 61 heavy (non-hydrogen) atoms. The van der Waals surface area contributed by atoms with Crippen LogP contribution in [0.3, 0.4) is 0 Å². The second kappa shape index (κ2) is 34.9. The number of aliphatic hydroxyl groups excluding tert-OH is 6. The summed E-state index contributed by atoms with van der Waals surface area (Å²) in [6, 6.07) is 0. The number of hydrogen-bond donors (Lipinski definition) is 8. The summed E-state index contributed by atoms with van der Waals surface area (Å²) in [4.78, 5) is 0. The Morgan fingerprint density at radius 2 is 1.08 bits per heavy atom. The van der Waals surface area contributed by atoms with Crippen molar-refractivity contribution in [3.05, 3.63) is 0 Å². The van der Waals surface area contributed by atoms with Gasteiger partial charge in [0.1, 0.15) is 0 Å². The molecular weight excluding hydrogens is 765 g/mol. The first-order chi connectivity index (χ1) is 27.3. The van der Waals surface area contributed by atoms with E-state index in [2.05, 4.69) is 132 Å². The maximum atomic E-state index is 9.30. The van der Waals surface area contributed by atoms with Gasteiger partial charge in [-0.25, -0.2) is 0 Å². The fourth-order valence-corrected chi connectivity index (χ4v) is 6.01. The molecule has 4 unspecified atom stereocenters. The highest BCUT2D eigenvalue weighted by atomic mass is 16.3. The smallest absolute Gasteiger partial charge is 0.0652 e. The predicted molar refractivity (Wildman–Crippen MR) is 266 cm³/mol. The largest absolute Gasteiger partial charge is 0.396 e. The van der Waals surface area contributed by atoms with E-state index in [-0.39, 0.29) is 29.8 Å². The molecule has 8 heteroatoms. The lowest BCUT2D eigenvalue weighted by molar-refractivity contribution is -0.0356. The average Bonchev–Trinajstić information content (AvgIpc) is 4.00. The second-order valence-corrected chi connectivity index (χ2v) is 24.1. The van der Waals surface area contributed by atoms with Crippen molar-refractivity contribution in [2.75, 3.05) is 26.4 Å². The molecule has 3 aliphatic rings. The van der Waals surface area contributed by atoms with Gasteiger partial charge in [-0.15, -0.1) is 0 Å². The number of aliphatic hydroxyl groups is 8. The Morgan fingerprint density at radius 3 is 1.10 bits per heavy atom. The zero-order valence-electron chi connectivity index (χ0n) is 45.3. The minimum absolute atomic E-state index is 0.00926. The third-order valence-electron chi connectivity index (χ3n) is 12.2. The van der Waals surface area contributed by atoms with E-state index >= 15 is 0 Å². The first-order valence-electron chi connectivity index (χ1n) is 24.6. The minimum atomic E-state index is -0.478. The predicted octanol–water partition coefficient (Wildman–Crippen LogP) is 11.9. The van der Waals surface area contributed by atoms with Crippen LogP contribution in [0.2, 0.25) is 0 Å². The highest BCUT2D eigenvalue weighted by molar-refractivity contribution is 4.95. The van der Waals surface area contributed by atoms with E-state index in [9.17, 15) is 15.3 Å². The van der Waals surface area contributed by atoms with Crippen LogP contribution in [0.1, 0.15) is 223 Å². The fraction of sp³-hybridized carbons (Fsp3) is 1.00. The van der Waals surface area contributed by atoms with Gasteiger partial charge in [0.25, 0.3) is 0 Å². The molecule has 0 aromatic rings. The van der Waals surface area contributed by atoms with E-state index in [1.54, 1.807) is 0 Å². The van der Waals surface area contributed by atoms with Gasteiger partial charge < -0.3 is 40.9 Å². The van der Waals surface area contributed by atoms with Crippen LogP contribution in [0.5, 0.6) is 0 Å². The summed E-state index contributed by atoms with van der Waals surface area (Å²) in [5.41, 5.74) is 0.0556. The van der Waals surface area contributed by atoms with Crippen LogP contribution in [-0.4, -0.2) is 90.7 Å². The first-order valence-corrected chi connectivity index (χ1v) is 24.6. The summed E-state index contributed by atoms with van der Waals surface area (Å²) in [5, 5.41) is 70.8. The molecule has 3 saturated carbocycles. The van der Waals surface area contributed by atoms with Gasteiger partial charge in [0.05, 0.1) is 23.4 Å². The Labute approximate surface area is 382 Å². The zero-order valence-corrected chi connectivity index (χ0v) is 45.3. The van der Waals surface area contributed by atoms with Crippen molar-refractivity contribution in [3.8, 4) is 0 Å². The van der Waals surface area contributed by atoms with Gasteiger partial charge in [0.2, 0.25) is 0 Å². The molecular formula is C53H116O8. The van der Waals surface area contributed by atoms with E-state index in [1.165, 1.54) is 19.3 Å². The lowest BCUT2D eigenvalue weighted by Gasteiger charge is -2.42. The van der Waals surface area contributed by atoms with Gasteiger partial charge in [-0.05, 0) is 154 Å². The Kier molecular flexibility index (Phi) is 39.9. The molecule has 3 rings (SSSR count). The molecule has 0 heterocycles. The van der Waals surface area contributed by atoms with Gasteiger partial charge in [0, 0.05) is 26.4 Å². The maximum Gasteiger partial charge on any atom is 0.0652 e. The SMILES string of the molecule is CC(C)(C)C1CCC1O.CC(C)C(C)(C)CO.CC(C)C(C)CO.CC(C)C1(CO)CC1.CC(C)CC(C)(C)O.CC(C)CC(C)O.CC(C)CC1(O)CC1.CC(C)CCO. The highest BCUT2D eigenvalue weighted by Crippen LogP contribution is 2.51. The maximum absolute atomic E-state index is 9.30. The summed E-state index contributed by atoms with van der Waals surface area (Å²) < 4.78 is 0. The van der Waals surface area contributed by atoms with Crippen molar-refractivity contribution in [2.24, 2.45) is 69.5 Å². The molecule has 3 aliphatic carbocycles. The summed E-state index contributed by atoms with van der Waals surface area (Å²) in [7, 11) is 0. The lowest BCUT2D eigenvalue weighted by Crippen LogP contribution is -2.40. The number of rotatable bonds is 14. The highest BCUT2D eigenvalue weighted by Gasteiger charge is 2.44. The Bertz CT molecular complexity index is 921. The van der Waals surface area contributed by atoms with E-state index in [0.29, 0.717) is 83.9 Å². The van der Waals surface area contributed by atoms with Crippen molar-refractivity contribution in [1.82, 2.24) is 0 Å². The molecule has 0 saturated heterocycles. The molecule has 0 aromatic heterocycles. The molecule has 0 aromatic carbocycles. The average molecular weight is 882 g/mol. The molecule has 8 nitrogen and oxygen atoms in total. The summed E-state index contributed by atoms with van der Waals surface area (Å²) in [6.07, 6.45) is 10.4. The van der Waals surface area contributed by atoms with Crippen LogP contribution in [0.25, 0.3) is 0 Å². The summed E-state index contributed by atoms with van der Waals surface area (Å²) >= 11 is 0. The van der Waals surface area contributed by atoms with Crippen LogP contribution in [0.15, 0.2) is 0 Å². The second-order valence-electron chi connectivity index (χ2n) is 24.1. The molecule has 0 bridgehead atoms. The molecule has 0 spiro atoms. The van der Waals surface area contributed by atoms with Crippen LogP contribution in [0.4, 0.5) is 0 Å². The van der Waals surface area contributed by atoms with Crippen LogP contribution in [-0.2, 0) is 0 Å².